The molecule has 1 aromatic carbocycles. The van der Waals surface area contributed by atoms with Crippen LogP contribution in [0.3, 0.4) is 0 Å². The van der Waals surface area contributed by atoms with Gasteiger partial charge in [-0.2, -0.15) is 0 Å². The van der Waals surface area contributed by atoms with Crippen LogP contribution in [0.1, 0.15) is 52.1 Å². The fraction of sp³-hybridized carbons (Fsp3) is 0.500. The third kappa shape index (κ3) is 7.69. The van der Waals surface area contributed by atoms with E-state index in [-0.39, 0.29) is 18.4 Å². The maximum absolute atomic E-state index is 13.2. The molecular formula is C22H32N2O5. The second kappa shape index (κ2) is 12.0. The number of hydrogen-bond acceptors (Lipinski definition) is 5. The molecule has 0 fully saturated rings. The summed E-state index contributed by atoms with van der Waals surface area (Å²) in [4.78, 5) is 38.0. The number of carbonyl (C=O) groups is 3. The SMILES string of the molecule is C=CC[C@H](C(=O)NO)[C@@H](CC(C)C)C(=O)N[C@H](C(=O)OC(C)C)c1ccccc1. The zero-order valence-electron chi connectivity index (χ0n) is 17.6. The number of ether oxygens (including phenoxy) is 1. The maximum atomic E-state index is 13.2. The van der Waals surface area contributed by atoms with Crippen molar-refractivity contribution in [1.29, 1.82) is 0 Å². The molecular weight excluding hydrogens is 372 g/mol. The fourth-order valence-electron chi connectivity index (χ4n) is 3.15. The molecule has 3 N–H and O–H groups in total. The molecule has 7 heteroatoms. The third-order valence-corrected chi connectivity index (χ3v) is 4.42. The average Bonchev–Trinajstić information content (AvgIpc) is 2.67. The van der Waals surface area contributed by atoms with Gasteiger partial charge >= 0.3 is 5.97 Å². The van der Waals surface area contributed by atoms with Crippen LogP contribution >= 0.6 is 0 Å². The van der Waals surface area contributed by atoms with Crippen molar-refractivity contribution < 1.29 is 24.3 Å². The van der Waals surface area contributed by atoms with E-state index in [1.54, 1.807) is 43.6 Å². The molecule has 0 heterocycles. The van der Waals surface area contributed by atoms with Crippen molar-refractivity contribution in [1.82, 2.24) is 10.8 Å². The largest absolute Gasteiger partial charge is 0.461 e. The molecule has 0 bridgehead atoms. The first-order valence-electron chi connectivity index (χ1n) is 9.81. The molecule has 3 atom stereocenters. The number of hydroxylamine groups is 1. The van der Waals surface area contributed by atoms with E-state index in [9.17, 15) is 14.4 Å². The van der Waals surface area contributed by atoms with Crippen molar-refractivity contribution in [2.45, 2.75) is 52.7 Å². The first-order valence-corrected chi connectivity index (χ1v) is 9.81. The number of carbonyl (C=O) groups excluding carboxylic acids is 3. The molecule has 0 aliphatic rings. The molecule has 160 valence electrons. The highest BCUT2D eigenvalue weighted by molar-refractivity contribution is 5.90. The average molecular weight is 405 g/mol. The highest BCUT2D eigenvalue weighted by atomic mass is 16.5. The summed E-state index contributed by atoms with van der Waals surface area (Å²) >= 11 is 0. The summed E-state index contributed by atoms with van der Waals surface area (Å²) in [6, 6.07) is 7.80. The lowest BCUT2D eigenvalue weighted by Gasteiger charge is -2.28. The minimum atomic E-state index is -0.998. The topological polar surface area (TPSA) is 105 Å². The highest BCUT2D eigenvalue weighted by Crippen LogP contribution is 2.26. The van der Waals surface area contributed by atoms with Crippen molar-refractivity contribution in [3.8, 4) is 0 Å². The number of hydrogen-bond donors (Lipinski definition) is 3. The second-order valence-corrected chi connectivity index (χ2v) is 7.68. The van der Waals surface area contributed by atoms with Gasteiger partial charge in [0.25, 0.3) is 0 Å². The van der Waals surface area contributed by atoms with Crippen LogP contribution in [-0.2, 0) is 19.1 Å². The lowest BCUT2D eigenvalue weighted by molar-refractivity contribution is -0.152. The van der Waals surface area contributed by atoms with Gasteiger partial charge in [-0.1, -0.05) is 50.3 Å². The van der Waals surface area contributed by atoms with Gasteiger partial charge in [0.1, 0.15) is 0 Å². The van der Waals surface area contributed by atoms with E-state index in [0.29, 0.717) is 12.0 Å². The molecule has 29 heavy (non-hydrogen) atoms. The van der Waals surface area contributed by atoms with Crippen LogP contribution in [-0.4, -0.2) is 29.1 Å². The third-order valence-electron chi connectivity index (χ3n) is 4.42. The number of allylic oxidation sites excluding steroid dienone is 1. The zero-order valence-corrected chi connectivity index (χ0v) is 17.6. The molecule has 0 aromatic heterocycles. The van der Waals surface area contributed by atoms with Crippen LogP contribution in [0.25, 0.3) is 0 Å². The molecule has 1 rings (SSSR count). The molecule has 1 aromatic rings. The Morgan fingerprint density at radius 3 is 2.17 bits per heavy atom. The number of nitrogens with one attached hydrogen (secondary N) is 2. The van der Waals surface area contributed by atoms with E-state index in [2.05, 4.69) is 11.9 Å². The maximum Gasteiger partial charge on any atom is 0.333 e. The second-order valence-electron chi connectivity index (χ2n) is 7.68. The van der Waals surface area contributed by atoms with Gasteiger partial charge in [-0.3, -0.25) is 14.8 Å². The van der Waals surface area contributed by atoms with Crippen molar-refractivity contribution in [3.05, 3.63) is 48.6 Å². The van der Waals surface area contributed by atoms with E-state index < -0.39 is 35.7 Å². The minimum absolute atomic E-state index is 0.113. The summed E-state index contributed by atoms with van der Waals surface area (Å²) in [6.45, 7) is 11.0. The minimum Gasteiger partial charge on any atom is -0.461 e. The van der Waals surface area contributed by atoms with Gasteiger partial charge in [0.05, 0.1) is 17.9 Å². The van der Waals surface area contributed by atoms with Crippen molar-refractivity contribution >= 4 is 17.8 Å². The van der Waals surface area contributed by atoms with Crippen molar-refractivity contribution in [2.75, 3.05) is 0 Å². The van der Waals surface area contributed by atoms with Crippen molar-refractivity contribution in [2.24, 2.45) is 17.8 Å². The summed E-state index contributed by atoms with van der Waals surface area (Å²) in [5.41, 5.74) is 2.22. The van der Waals surface area contributed by atoms with Crippen LogP contribution in [0.5, 0.6) is 0 Å². The summed E-state index contributed by atoms with van der Waals surface area (Å²) in [5, 5.41) is 11.9. The number of esters is 1. The van der Waals surface area contributed by atoms with E-state index in [0.717, 1.165) is 0 Å². The first-order chi connectivity index (χ1) is 13.7. The van der Waals surface area contributed by atoms with Crippen LogP contribution < -0.4 is 10.8 Å². The van der Waals surface area contributed by atoms with Gasteiger partial charge < -0.3 is 10.1 Å². The van der Waals surface area contributed by atoms with E-state index in [1.165, 1.54) is 6.08 Å². The zero-order chi connectivity index (χ0) is 22.0. The molecule has 7 nitrogen and oxygen atoms in total. The quantitative estimate of drug-likeness (QED) is 0.227. The molecule has 0 unspecified atom stereocenters. The summed E-state index contributed by atoms with van der Waals surface area (Å²) in [5.74, 6) is -3.14. The Morgan fingerprint density at radius 1 is 1.07 bits per heavy atom. The predicted octanol–water partition coefficient (Wildman–Crippen LogP) is 3.16. The van der Waals surface area contributed by atoms with Gasteiger partial charge in [-0.25, -0.2) is 10.3 Å². The van der Waals surface area contributed by atoms with E-state index in [4.69, 9.17) is 9.94 Å². The smallest absolute Gasteiger partial charge is 0.333 e. The van der Waals surface area contributed by atoms with Crippen LogP contribution in [0.4, 0.5) is 0 Å². The molecule has 0 aliphatic carbocycles. The van der Waals surface area contributed by atoms with Crippen LogP contribution in [0, 0.1) is 17.8 Å². The number of amides is 2. The van der Waals surface area contributed by atoms with E-state index in [1.807, 2.05) is 19.9 Å². The van der Waals surface area contributed by atoms with E-state index >= 15 is 0 Å². The van der Waals surface area contributed by atoms with Gasteiger partial charge in [0, 0.05) is 0 Å². The Kier molecular flexibility index (Phi) is 10.1. The van der Waals surface area contributed by atoms with Gasteiger partial charge in [0.2, 0.25) is 11.8 Å². The monoisotopic (exact) mass is 404 g/mol. The standard InChI is InChI=1S/C22H32N2O5/c1-6-10-17(21(26)24-28)18(13-14(2)3)20(25)23-19(22(27)29-15(4)5)16-11-8-7-9-12-16/h6-9,11-12,14-15,17-19,28H,1,10,13H2,2-5H3,(H,23,25)(H,24,26)/t17-,18+,19-/m0/s1. The summed E-state index contributed by atoms with van der Waals surface area (Å²) in [7, 11) is 0. The van der Waals surface area contributed by atoms with Crippen LogP contribution in [0.15, 0.2) is 43.0 Å². The molecule has 0 radical (unpaired) electrons. The number of rotatable bonds is 11. The lowest BCUT2D eigenvalue weighted by Crippen LogP contribution is -2.45. The highest BCUT2D eigenvalue weighted by Gasteiger charge is 2.36. The normalized spacial score (nSPS) is 14.0. The Morgan fingerprint density at radius 2 is 1.69 bits per heavy atom. The Balaban J connectivity index is 3.21. The molecule has 0 saturated heterocycles. The first kappa shape index (κ1) is 24.4. The van der Waals surface area contributed by atoms with Gasteiger partial charge in [-0.15, -0.1) is 6.58 Å². The molecule has 2 amide bonds. The predicted molar refractivity (Wildman–Crippen MR) is 110 cm³/mol. The molecule has 0 saturated carbocycles. The Labute approximate surface area is 172 Å². The fourth-order valence-corrected chi connectivity index (χ4v) is 3.15. The van der Waals surface area contributed by atoms with Gasteiger partial charge in [0.15, 0.2) is 6.04 Å². The molecule has 0 aliphatic heterocycles. The van der Waals surface area contributed by atoms with Crippen molar-refractivity contribution in [3.63, 3.8) is 0 Å². The summed E-state index contributed by atoms with van der Waals surface area (Å²) in [6.07, 6.45) is 1.80. The summed E-state index contributed by atoms with van der Waals surface area (Å²) < 4.78 is 5.32. The molecule has 0 spiro atoms. The van der Waals surface area contributed by atoms with Crippen LogP contribution in [0.2, 0.25) is 0 Å². The lowest BCUT2D eigenvalue weighted by atomic mass is 9.82. The Bertz CT molecular complexity index is 688. The van der Waals surface area contributed by atoms with Gasteiger partial charge in [-0.05, 0) is 38.2 Å². The number of benzene rings is 1. The Hall–Kier alpha value is -2.67.